The molecule has 2 aromatic heterocycles. The Bertz CT molecular complexity index is 1260. The number of thiophene rings is 2. The molecule has 2 fully saturated rings. The van der Waals surface area contributed by atoms with E-state index in [-0.39, 0.29) is 29.3 Å². The molecule has 0 bridgehead atoms. The van der Waals surface area contributed by atoms with Crippen molar-refractivity contribution in [1.82, 2.24) is 20.0 Å². The second-order valence-electron chi connectivity index (χ2n) is 11.9. The highest BCUT2D eigenvalue weighted by Gasteiger charge is 2.43. The fourth-order valence-electron chi connectivity index (χ4n) is 5.67. The predicted molar refractivity (Wildman–Crippen MR) is 159 cm³/mol. The number of ether oxygens (including phenoxy) is 1. The topological polar surface area (TPSA) is 65.1 Å². The van der Waals surface area contributed by atoms with Gasteiger partial charge < -0.3 is 19.9 Å². The minimum Gasteiger partial charge on any atom is -0.497 e. The van der Waals surface area contributed by atoms with Crippen LogP contribution in [0.15, 0.2) is 41.8 Å². The second-order valence-corrected chi connectivity index (χ2v) is 14.2. The Labute approximate surface area is 239 Å². The first-order valence-electron chi connectivity index (χ1n) is 13.8. The Balaban J connectivity index is 1.42. The number of hydrogen-bond acceptors (Lipinski definition) is 7. The fraction of sp³-hybridized carbons (Fsp3) is 0.533. The molecule has 0 saturated carbocycles. The van der Waals surface area contributed by atoms with Crippen LogP contribution in [0.2, 0.25) is 0 Å². The Morgan fingerprint density at radius 3 is 2.67 bits per heavy atom. The van der Waals surface area contributed by atoms with Crippen LogP contribution in [-0.2, 0) is 22.7 Å². The van der Waals surface area contributed by atoms with E-state index in [1.54, 1.807) is 18.4 Å². The lowest BCUT2D eigenvalue weighted by Crippen LogP contribution is -2.52. The summed E-state index contributed by atoms with van der Waals surface area (Å²) in [5, 5.41) is 6.76. The van der Waals surface area contributed by atoms with Gasteiger partial charge in [-0.25, -0.2) is 0 Å². The van der Waals surface area contributed by atoms with E-state index in [1.165, 1.54) is 14.3 Å². The second kappa shape index (κ2) is 12.0. The van der Waals surface area contributed by atoms with Crippen molar-refractivity contribution in [2.24, 2.45) is 5.41 Å². The largest absolute Gasteiger partial charge is 0.497 e. The van der Waals surface area contributed by atoms with Crippen LogP contribution in [-0.4, -0.2) is 78.4 Å². The van der Waals surface area contributed by atoms with E-state index in [2.05, 4.69) is 48.5 Å². The predicted octanol–water partition coefficient (Wildman–Crippen LogP) is 4.81. The quantitative estimate of drug-likeness (QED) is 0.423. The van der Waals surface area contributed by atoms with Gasteiger partial charge in [0.2, 0.25) is 11.8 Å². The van der Waals surface area contributed by atoms with Gasteiger partial charge in [0, 0.05) is 68.5 Å². The maximum Gasteiger partial charge on any atom is 0.240 e. The van der Waals surface area contributed by atoms with Crippen molar-refractivity contribution in [2.75, 3.05) is 39.8 Å². The van der Waals surface area contributed by atoms with Crippen molar-refractivity contribution in [3.05, 3.63) is 52.2 Å². The van der Waals surface area contributed by atoms with Crippen molar-refractivity contribution in [1.29, 1.82) is 0 Å². The van der Waals surface area contributed by atoms with Gasteiger partial charge in [0.15, 0.2) is 0 Å². The van der Waals surface area contributed by atoms with Crippen LogP contribution in [0.1, 0.15) is 44.1 Å². The molecule has 7 nitrogen and oxygen atoms in total. The fourth-order valence-corrected chi connectivity index (χ4v) is 7.85. The van der Waals surface area contributed by atoms with Crippen LogP contribution in [0.25, 0.3) is 9.40 Å². The van der Waals surface area contributed by atoms with Crippen molar-refractivity contribution >= 4 is 43.9 Å². The van der Waals surface area contributed by atoms with Gasteiger partial charge in [-0.1, -0.05) is 32.9 Å². The maximum atomic E-state index is 13.9. The lowest BCUT2D eigenvalue weighted by molar-refractivity contribution is -0.138. The average molecular weight is 569 g/mol. The van der Waals surface area contributed by atoms with Gasteiger partial charge in [-0.05, 0) is 47.0 Å². The zero-order valence-corrected chi connectivity index (χ0v) is 25.1. The molecule has 3 aromatic rings. The number of fused-ring (bicyclic) bond motifs is 1. The number of rotatable bonds is 8. The molecule has 0 unspecified atom stereocenters. The van der Waals surface area contributed by atoms with E-state index < -0.39 is 0 Å². The van der Waals surface area contributed by atoms with Crippen LogP contribution < -0.4 is 10.1 Å². The van der Waals surface area contributed by atoms with Gasteiger partial charge in [-0.15, -0.1) is 22.7 Å². The number of carbonyl (C=O) groups is 2. The lowest BCUT2D eigenvalue weighted by Gasteiger charge is -2.32. The van der Waals surface area contributed by atoms with Crippen molar-refractivity contribution in [3.63, 3.8) is 0 Å². The molecule has 1 aromatic carbocycles. The van der Waals surface area contributed by atoms with Gasteiger partial charge >= 0.3 is 0 Å². The summed E-state index contributed by atoms with van der Waals surface area (Å²) in [6, 6.07) is 12.1. The van der Waals surface area contributed by atoms with Crippen molar-refractivity contribution < 1.29 is 14.3 Å². The van der Waals surface area contributed by atoms with Gasteiger partial charge in [0.25, 0.3) is 0 Å². The Kier molecular flexibility index (Phi) is 8.61. The standard InChI is InChI=1S/C30H40N4O3S2/c1-30(2,3)17-27(35)34(18-21-6-5-7-24(14-21)37-4)23-16-26(28(36)32-11-9-31-10-12-32)33(19-23)20-25-15-22-8-13-38-29(22)39-25/h5-8,13-15,23,26,31H,9-12,16-20H2,1-4H3/t23-,26-/m0/s1. The van der Waals surface area contributed by atoms with E-state index in [0.717, 1.165) is 44.0 Å². The molecule has 9 heteroatoms. The van der Waals surface area contributed by atoms with E-state index in [1.807, 2.05) is 45.4 Å². The average Bonchev–Trinajstić information content (AvgIpc) is 3.62. The molecular formula is C30H40N4O3S2. The zero-order chi connectivity index (χ0) is 27.6. The Morgan fingerprint density at radius 2 is 1.95 bits per heavy atom. The summed E-state index contributed by atoms with van der Waals surface area (Å²) in [6.45, 7) is 11.4. The summed E-state index contributed by atoms with van der Waals surface area (Å²) < 4.78 is 6.78. The Morgan fingerprint density at radius 1 is 1.15 bits per heavy atom. The third kappa shape index (κ3) is 6.82. The summed E-state index contributed by atoms with van der Waals surface area (Å²) in [5.74, 6) is 1.12. The molecule has 2 atom stereocenters. The number of carbonyl (C=O) groups excluding carboxylic acids is 2. The van der Waals surface area contributed by atoms with Gasteiger partial charge in [-0.3, -0.25) is 14.5 Å². The molecule has 210 valence electrons. The molecule has 4 heterocycles. The number of nitrogens with one attached hydrogen (secondary N) is 1. The number of likely N-dealkylation sites (tertiary alicyclic amines) is 1. The Hall–Kier alpha value is -2.46. The lowest BCUT2D eigenvalue weighted by atomic mass is 9.91. The highest BCUT2D eigenvalue weighted by Crippen LogP contribution is 2.34. The number of methoxy groups -OCH3 is 1. The van der Waals surface area contributed by atoms with Crippen LogP contribution >= 0.6 is 22.7 Å². The first-order chi connectivity index (χ1) is 18.7. The third-order valence-corrected chi connectivity index (χ3v) is 9.77. The molecule has 2 saturated heterocycles. The van der Waals surface area contributed by atoms with E-state index in [9.17, 15) is 9.59 Å². The first kappa shape index (κ1) is 28.1. The number of nitrogens with zero attached hydrogens (tertiary/aromatic N) is 3. The highest BCUT2D eigenvalue weighted by molar-refractivity contribution is 7.37. The number of piperazine rings is 1. The van der Waals surface area contributed by atoms with E-state index in [4.69, 9.17) is 4.74 Å². The molecule has 2 aliphatic heterocycles. The zero-order valence-electron chi connectivity index (χ0n) is 23.4. The smallest absolute Gasteiger partial charge is 0.240 e. The molecule has 1 N–H and O–H groups in total. The summed E-state index contributed by atoms with van der Waals surface area (Å²) in [5.41, 5.74) is 0.916. The van der Waals surface area contributed by atoms with Crippen LogP contribution in [0.5, 0.6) is 5.75 Å². The monoisotopic (exact) mass is 568 g/mol. The number of benzene rings is 1. The normalized spacial score (nSPS) is 20.5. The molecule has 2 aliphatic rings. The van der Waals surface area contributed by atoms with Crippen LogP contribution in [0.3, 0.4) is 0 Å². The van der Waals surface area contributed by atoms with Crippen LogP contribution in [0.4, 0.5) is 0 Å². The van der Waals surface area contributed by atoms with E-state index in [0.29, 0.717) is 25.9 Å². The molecule has 0 radical (unpaired) electrons. The molecule has 0 aliphatic carbocycles. The van der Waals surface area contributed by atoms with E-state index >= 15 is 0 Å². The van der Waals surface area contributed by atoms with Gasteiger partial charge in [0.05, 0.1) is 17.2 Å². The van der Waals surface area contributed by atoms with Crippen LogP contribution in [0, 0.1) is 5.41 Å². The number of hydrogen-bond donors (Lipinski definition) is 1. The minimum absolute atomic E-state index is 0.0380. The first-order valence-corrected chi connectivity index (χ1v) is 15.5. The van der Waals surface area contributed by atoms with Gasteiger partial charge in [-0.2, -0.15) is 0 Å². The summed E-state index contributed by atoms with van der Waals surface area (Å²) in [7, 11) is 1.66. The summed E-state index contributed by atoms with van der Waals surface area (Å²) in [4.78, 5) is 35.3. The van der Waals surface area contributed by atoms with Gasteiger partial charge in [0.1, 0.15) is 5.75 Å². The maximum absolute atomic E-state index is 13.9. The minimum atomic E-state index is -0.233. The summed E-state index contributed by atoms with van der Waals surface area (Å²) >= 11 is 3.59. The summed E-state index contributed by atoms with van der Waals surface area (Å²) in [6.07, 6.45) is 1.12. The van der Waals surface area contributed by atoms with Crippen molar-refractivity contribution in [2.45, 2.75) is 58.8 Å². The SMILES string of the molecule is COc1cccc(CN(C(=O)CC(C)(C)C)[C@H]2C[C@@H](C(=O)N3CCNCC3)N(Cc3cc4ccsc4s3)C2)c1. The molecule has 2 amide bonds. The highest BCUT2D eigenvalue weighted by atomic mass is 32.2. The van der Waals surface area contributed by atoms with Crippen molar-refractivity contribution in [3.8, 4) is 5.75 Å². The molecule has 5 rings (SSSR count). The number of amides is 2. The molecule has 39 heavy (non-hydrogen) atoms. The third-order valence-electron chi connectivity index (χ3n) is 7.58. The molecule has 0 spiro atoms. The molecular weight excluding hydrogens is 528 g/mol.